The largest absolute Gasteiger partial charge is 0.474 e. The molecule has 0 radical (unpaired) electrons. The molecule has 2 rings (SSSR count). The fraction of sp³-hybridized carbons (Fsp3) is 0.739. The number of aromatic nitrogens is 2. The van der Waals surface area contributed by atoms with Crippen molar-refractivity contribution in [1.29, 1.82) is 0 Å². The van der Waals surface area contributed by atoms with E-state index in [0.29, 0.717) is 12.0 Å². The van der Waals surface area contributed by atoms with E-state index in [4.69, 9.17) is 32.5 Å². The monoisotopic (exact) mass is 628 g/mol. The molecule has 0 amide bonds. The topological polar surface area (TPSA) is 171 Å². The number of nitrogens with zero attached hydrogens (tertiary/aromatic N) is 1. The van der Waals surface area contributed by atoms with E-state index >= 15 is 0 Å². The Hall–Kier alpha value is -1.65. The molecule has 17 heteroatoms. The molecule has 228 valence electrons. The molecule has 1 N–H and O–H groups in total. The number of aryl methyl sites for hydroxylation is 1. The summed E-state index contributed by atoms with van der Waals surface area (Å²) < 4.78 is 53.0. The number of nitrogens with one attached hydrogen (secondary N) is 1. The van der Waals surface area contributed by atoms with E-state index in [9.17, 15) is 23.7 Å². The number of carbonyl (C=O) groups is 2. The molecule has 1 fully saturated rings. The Morgan fingerprint density at radius 3 is 2.38 bits per heavy atom. The van der Waals surface area contributed by atoms with E-state index < -0.39 is 68.1 Å². The zero-order chi connectivity index (χ0) is 29.9. The number of ether oxygens (including phenoxy) is 4. The van der Waals surface area contributed by atoms with Crippen LogP contribution in [0.3, 0.4) is 0 Å². The Morgan fingerprint density at radius 2 is 1.82 bits per heavy atom. The summed E-state index contributed by atoms with van der Waals surface area (Å²) in [4.78, 5) is 52.4. The van der Waals surface area contributed by atoms with E-state index in [-0.39, 0.29) is 25.6 Å². The lowest BCUT2D eigenvalue weighted by Gasteiger charge is -2.30. The highest BCUT2D eigenvalue weighted by Crippen LogP contribution is 2.53. The number of aromatic amines is 1. The second-order valence-electron chi connectivity index (χ2n) is 8.57. The first-order chi connectivity index (χ1) is 19.0. The minimum Gasteiger partial charge on any atom is -0.465 e. The molecule has 0 saturated carbocycles. The molecular formula is C23H37N2O12PS2. The highest BCUT2D eigenvalue weighted by atomic mass is 33.1. The molecule has 1 aliphatic rings. The normalized spacial score (nSPS) is 20.7. The molecule has 2 unspecified atom stereocenters. The van der Waals surface area contributed by atoms with Crippen LogP contribution in [0, 0.1) is 12.3 Å². The van der Waals surface area contributed by atoms with Crippen molar-refractivity contribution in [3.63, 3.8) is 0 Å². The van der Waals surface area contributed by atoms with Crippen LogP contribution in [0.25, 0.3) is 0 Å². The SMILES string of the molecule is CCOC(=O)C(COCSSC)(COP(=O)(OC)OC1C[C@H](n2cc(C)c(=O)[nH]c2=O)O[C@@H]1CC)C(=O)OCC. The molecular weight excluding hydrogens is 591 g/mol. The number of esters is 2. The minimum absolute atomic E-state index is 0.0411. The third kappa shape index (κ3) is 8.68. The Balaban J connectivity index is 2.29. The first-order valence-corrected chi connectivity index (χ1v) is 16.7. The third-order valence-corrected chi connectivity index (χ3v) is 8.84. The molecule has 0 bridgehead atoms. The second kappa shape index (κ2) is 16.1. The predicted octanol–water partition coefficient (Wildman–Crippen LogP) is 2.80. The Morgan fingerprint density at radius 1 is 1.18 bits per heavy atom. The van der Waals surface area contributed by atoms with Gasteiger partial charge in [0.15, 0.2) is 0 Å². The number of hydrogen-bond donors (Lipinski definition) is 1. The predicted molar refractivity (Wildman–Crippen MR) is 148 cm³/mol. The van der Waals surface area contributed by atoms with Crippen molar-refractivity contribution in [2.24, 2.45) is 5.41 Å². The van der Waals surface area contributed by atoms with Crippen LogP contribution in [0.15, 0.2) is 15.8 Å². The molecule has 0 spiro atoms. The van der Waals surface area contributed by atoms with Gasteiger partial charge in [0.2, 0.25) is 5.41 Å². The van der Waals surface area contributed by atoms with Gasteiger partial charge in [0.05, 0.1) is 38.6 Å². The summed E-state index contributed by atoms with van der Waals surface area (Å²) in [6.07, 6.45) is 1.37. The van der Waals surface area contributed by atoms with Crippen LogP contribution in [0.5, 0.6) is 0 Å². The van der Waals surface area contributed by atoms with E-state index in [1.165, 1.54) is 32.4 Å². The van der Waals surface area contributed by atoms with E-state index in [0.717, 1.165) is 7.11 Å². The maximum Gasteiger partial charge on any atom is 0.474 e. The van der Waals surface area contributed by atoms with Crippen molar-refractivity contribution in [1.82, 2.24) is 9.55 Å². The van der Waals surface area contributed by atoms with Crippen molar-refractivity contribution in [3.8, 4) is 0 Å². The van der Waals surface area contributed by atoms with Gasteiger partial charge in [-0.2, -0.15) is 0 Å². The Labute approximate surface area is 240 Å². The lowest BCUT2D eigenvalue weighted by Crippen LogP contribution is -2.49. The molecule has 0 aromatic carbocycles. The molecule has 40 heavy (non-hydrogen) atoms. The van der Waals surface area contributed by atoms with Crippen LogP contribution >= 0.6 is 29.4 Å². The number of hydrogen-bond acceptors (Lipinski definition) is 14. The highest BCUT2D eigenvalue weighted by molar-refractivity contribution is 8.76. The maximum atomic E-state index is 13.6. The van der Waals surface area contributed by atoms with Crippen molar-refractivity contribution >= 4 is 41.3 Å². The van der Waals surface area contributed by atoms with E-state index in [2.05, 4.69) is 4.98 Å². The zero-order valence-electron chi connectivity index (χ0n) is 23.4. The fourth-order valence-electron chi connectivity index (χ4n) is 3.82. The first kappa shape index (κ1) is 34.6. The summed E-state index contributed by atoms with van der Waals surface area (Å²) in [6.45, 7) is 5.15. The number of rotatable bonds is 17. The maximum absolute atomic E-state index is 13.6. The lowest BCUT2D eigenvalue weighted by molar-refractivity contribution is -0.179. The van der Waals surface area contributed by atoms with Gasteiger partial charge in [-0.1, -0.05) is 28.5 Å². The van der Waals surface area contributed by atoms with Gasteiger partial charge in [0.25, 0.3) is 5.56 Å². The second-order valence-corrected chi connectivity index (χ2v) is 12.8. The van der Waals surface area contributed by atoms with Gasteiger partial charge < -0.3 is 18.9 Å². The summed E-state index contributed by atoms with van der Waals surface area (Å²) in [6, 6.07) is 0. The van der Waals surface area contributed by atoms with Gasteiger partial charge in [-0.3, -0.25) is 37.5 Å². The lowest BCUT2D eigenvalue weighted by atomic mass is 9.90. The van der Waals surface area contributed by atoms with Gasteiger partial charge in [0, 0.05) is 25.3 Å². The van der Waals surface area contributed by atoms with Crippen molar-refractivity contribution < 1.29 is 46.7 Å². The molecule has 0 aliphatic carbocycles. The Bertz CT molecular complexity index is 1140. The first-order valence-electron chi connectivity index (χ1n) is 12.5. The minimum atomic E-state index is -4.41. The number of phosphoric acid groups is 1. The van der Waals surface area contributed by atoms with Crippen LogP contribution in [0.2, 0.25) is 0 Å². The van der Waals surface area contributed by atoms with E-state index in [1.807, 2.05) is 6.26 Å². The van der Waals surface area contributed by atoms with Crippen LogP contribution in [0.4, 0.5) is 0 Å². The van der Waals surface area contributed by atoms with Crippen LogP contribution in [-0.2, 0) is 46.7 Å². The van der Waals surface area contributed by atoms with Crippen LogP contribution in [0.1, 0.15) is 45.4 Å². The number of carbonyl (C=O) groups excluding carboxylic acids is 2. The van der Waals surface area contributed by atoms with Crippen LogP contribution < -0.4 is 11.2 Å². The van der Waals surface area contributed by atoms with Gasteiger partial charge in [-0.05, 0) is 33.4 Å². The summed E-state index contributed by atoms with van der Waals surface area (Å²) in [5.41, 5.74) is -2.99. The standard InChI is InChI=1S/C23H37N2O12PS2/c1-7-16-17(10-18(36-16)25-11-15(4)19(26)24-22(25)29)37-38(30,31-5)35-13-23(20(27)33-8-2,21(28)34-9-3)12-32-14-40-39-6/h11,16-18H,7-10,12-14H2,1-6H3,(H,24,26,29)/t16-,17?,18-,38?/m1/s1. The third-order valence-electron chi connectivity index (χ3n) is 5.93. The van der Waals surface area contributed by atoms with Crippen molar-refractivity contribution in [3.05, 3.63) is 32.6 Å². The summed E-state index contributed by atoms with van der Waals surface area (Å²) in [7, 11) is -0.557. The molecule has 1 aromatic heterocycles. The summed E-state index contributed by atoms with van der Waals surface area (Å²) in [5, 5.41) is 0. The molecule has 1 aliphatic heterocycles. The van der Waals surface area contributed by atoms with Gasteiger partial charge in [-0.25, -0.2) is 9.36 Å². The molecule has 2 heterocycles. The molecule has 1 aromatic rings. The summed E-state index contributed by atoms with van der Waals surface area (Å²) in [5.74, 6) is -1.81. The molecule has 14 nitrogen and oxygen atoms in total. The summed E-state index contributed by atoms with van der Waals surface area (Å²) >= 11 is 0. The Kier molecular flexibility index (Phi) is 13.9. The quantitative estimate of drug-likeness (QED) is 0.0667. The average Bonchev–Trinajstić information content (AvgIpc) is 3.32. The number of phosphoric ester groups is 1. The average molecular weight is 629 g/mol. The number of H-pyrrole nitrogens is 1. The van der Waals surface area contributed by atoms with Gasteiger partial charge in [0.1, 0.15) is 12.2 Å². The van der Waals surface area contributed by atoms with Gasteiger partial charge >= 0.3 is 25.5 Å². The fourth-order valence-corrected chi connectivity index (χ4v) is 5.75. The smallest absolute Gasteiger partial charge is 0.465 e. The molecule has 4 atom stereocenters. The molecule has 1 saturated heterocycles. The van der Waals surface area contributed by atoms with E-state index in [1.54, 1.807) is 27.7 Å². The van der Waals surface area contributed by atoms with Gasteiger partial charge in [-0.15, -0.1) is 0 Å². The highest BCUT2D eigenvalue weighted by Gasteiger charge is 2.52. The van der Waals surface area contributed by atoms with Crippen molar-refractivity contribution in [2.75, 3.05) is 45.7 Å². The van der Waals surface area contributed by atoms with Crippen molar-refractivity contribution in [2.45, 2.75) is 59.0 Å². The zero-order valence-corrected chi connectivity index (χ0v) is 25.9. The van der Waals surface area contributed by atoms with Crippen LogP contribution in [-0.4, -0.2) is 79.4 Å².